The van der Waals surface area contributed by atoms with Gasteiger partial charge in [-0.25, -0.2) is 0 Å². The van der Waals surface area contributed by atoms with E-state index in [4.69, 9.17) is 4.42 Å². The number of rotatable bonds is 4. The lowest BCUT2D eigenvalue weighted by molar-refractivity contribution is -0.384. The molecule has 7 heteroatoms. The summed E-state index contributed by atoms with van der Waals surface area (Å²) in [4.78, 5) is 27.2. The lowest BCUT2D eigenvalue weighted by Crippen LogP contribution is -2.49. The highest BCUT2D eigenvalue weighted by molar-refractivity contribution is 5.88. The van der Waals surface area contributed by atoms with Crippen LogP contribution in [0.3, 0.4) is 0 Å². The first-order valence-corrected chi connectivity index (χ1v) is 9.67. The molecule has 29 heavy (non-hydrogen) atoms. The van der Waals surface area contributed by atoms with E-state index in [0.29, 0.717) is 32.6 Å². The molecule has 0 bridgehead atoms. The number of benzene rings is 2. The van der Waals surface area contributed by atoms with Gasteiger partial charge in [0.1, 0.15) is 5.58 Å². The van der Waals surface area contributed by atoms with Crippen molar-refractivity contribution in [2.24, 2.45) is 0 Å². The number of piperazine rings is 1. The third-order valence-electron chi connectivity index (χ3n) is 5.67. The lowest BCUT2D eigenvalue weighted by atomic mass is 10.0. The first kappa shape index (κ1) is 19.0. The molecule has 3 aromatic rings. The Kier molecular flexibility index (Phi) is 4.96. The summed E-state index contributed by atoms with van der Waals surface area (Å²) in [6.45, 7) is 6.77. The molecule has 1 fully saturated rings. The van der Waals surface area contributed by atoms with Gasteiger partial charge >= 0.3 is 0 Å². The van der Waals surface area contributed by atoms with Crippen LogP contribution in [0, 0.1) is 24.0 Å². The quantitative estimate of drug-likeness (QED) is 0.497. The fourth-order valence-corrected chi connectivity index (χ4v) is 3.75. The molecule has 7 nitrogen and oxygen atoms in total. The number of hydrogen-bond donors (Lipinski definition) is 0. The summed E-state index contributed by atoms with van der Waals surface area (Å²) in [5.74, 6) is 0.0919. The zero-order valence-electron chi connectivity index (χ0n) is 16.6. The van der Waals surface area contributed by atoms with E-state index in [1.165, 1.54) is 23.3 Å². The molecule has 1 aliphatic rings. The monoisotopic (exact) mass is 393 g/mol. The molecule has 0 radical (unpaired) electrons. The van der Waals surface area contributed by atoms with Gasteiger partial charge in [0.25, 0.3) is 5.69 Å². The highest BCUT2D eigenvalue weighted by Crippen LogP contribution is 2.26. The van der Waals surface area contributed by atoms with Crippen LogP contribution in [-0.2, 0) is 11.2 Å². The first-order chi connectivity index (χ1) is 13.9. The standard InChI is InChI=1S/C22H23N3O4/c1-15-11-20-17(14-29-21(20)12-16(15)2)13-22(26)24-9-7-23(8-10-24)18-3-5-19(6-4-18)25(27)28/h3-6,11-12,14H,7-10,13H2,1-2H3. The van der Waals surface area contributed by atoms with Crippen LogP contribution in [0.2, 0.25) is 0 Å². The summed E-state index contributed by atoms with van der Waals surface area (Å²) in [6.07, 6.45) is 2.02. The van der Waals surface area contributed by atoms with Crippen LogP contribution in [0.25, 0.3) is 11.0 Å². The van der Waals surface area contributed by atoms with Gasteiger partial charge in [0.05, 0.1) is 17.6 Å². The fraction of sp³-hybridized carbons (Fsp3) is 0.318. The average Bonchev–Trinajstić information content (AvgIpc) is 3.10. The number of hydrogen-bond acceptors (Lipinski definition) is 5. The van der Waals surface area contributed by atoms with Crippen molar-refractivity contribution >= 4 is 28.3 Å². The lowest BCUT2D eigenvalue weighted by Gasteiger charge is -2.36. The maximum Gasteiger partial charge on any atom is 0.269 e. The Hall–Kier alpha value is -3.35. The molecule has 0 unspecified atom stereocenters. The number of furan rings is 1. The van der Waals surface area contributed by atoms with Gasteiger partial charge in [0.15, 0.2) is 0 Å². The van der Waals surface area contributed by atoms with Gasteiger partial charge in [-0.05, 0) is 49.2 Å². The summed E-state index contributed by atoms with van der Waals surface area (Å²) in [7, 11) is 0. The van der Waals surface area contributed by atoms with Gasteiger partial charge < -0.3 is 14.2 Å². The van der Waals surface area contributed by atoms with Crippen molar-refractivity contribution in [1.29, 1.82) is 0 Å². The highest BCUT2D eigenvalue weighted by Gasteiger charge is 2.23. The van der Waals surface area contributed by atoms with Crippen LogP contribution >= 0.6 is 0 Å². The van der Waals surface area contributed by atoms with Crippen molar-refractivity contribution in [3.05, 3.63) is 69.5 Å². The average molecular weight is 393 g/mol. The Bertz CT molecular complexity index is 1060. The van der Waals surface area contributed by atoms with Gasteiger partial charge in [-0.2, -0.15) is 0 Å². The molecule has 0 aliphatic carbocycles. The molecule has 150 valence electrons. The molecule has 1 aromatic heterocycles. The number of non-ortho nitro benzene ring substituents is 1. The molecule has 0 spiro atoms. The largest absolute Gasteiger partial charge is 0.464 e. The molecular formula is C22H23N3O4. The maximum atomic E-state index is 12.8. The summed E-state index contributed by atoms with van der Waals surface area (Å²) >= 11 is 0. The highest BCUT2D eigenvalue weighted by atomic mass is 16.6. The van der Waals surface area contributed by atoms with Crippen LogP contribution < -0.4 is 4.90 Å². The molecule has 0 atom stereocenters. The predicted octanol–water partition coefficient (Wildman–Crippen LogP) is 3.85. The molecule has 0 N–H and O–H groups in total. The number of fused-ring (bicyclic) bond motifs is 1. The summed E-state index contributed by atoms with van der Waals surface area (Å²) in [5.41, 5.74) is 5.12. The van der Waals surface area contributed by atoms with E-state index < -0.39 is 4.92 Å². The summed E-state index contributed by atoms with van der Waals surface area (Å²) < 4.78 is 5.65. The van der Waals surface area contributed by atoms with Gasteiger partial charge in [0.2, 0.25) is 5.91 Å². The Morgan fingerprint density at radius 3 is 2.38 bits per heavy atom. The van der Waals surface area contributed by atoms with E-state index in [9.17, 15) is 14.9 Å². The predicted molar refractivity (Wildman–Crippen MR) is 111 cm³/mol. The summed E-state index contributed by atoms with van der Waals surface area (Å²) in [6, 6.07) is 10.7. The molecule has 4 rings (SSSR count). The second kappa shape index (κ2) is 7.58. The van der Waals surface area contributed by atoms with E-state index in [-0.39, 0.29) is 11.6 Å². The van der Waals surface area contributed by atoms with Gasteiger partial charge in [0, 0.05) is 54.9 Å². The van der Waals surface area contributed by atoms with Crippen molar-refractivity contribution < 1.29 is 14.1 Å². The third-order valence-corrected chi connectivity index (χ3v) is 5.67. The number of nitro groups is 1. The second-order valence-corrected chi connectivity index (χ2v) is 7.51. The minimum atomic E-state index is -0.400. The maximum absolute atomic E-state index is 12.8. The van der Waals surface area contributed by atoms with Gasteiger partial charge in [-0.3, -0.25) is 14.9 Å². The third kappa shape index (κ3) is 3.81. The van der Waals surface area contributed by atoms with Crippen LogP contribution in [0.5, 0.6) is 0 Å². The Morgan fingerprint density at radius 2 is 1.72 bits per heavy atom. The second-order valence-electron chi connectivity index (χ2n) is 7.51. The van der Waals surface area contributed by atoms with E-state index >= 15 is 0 Å². The molecule has 1 saturated heterocycles. The summed E-state index contributed by atoms with van der Waals surface area (Å²) in [5, 5.41) is 11.8. The molecule has 1 aliphatic heterocycles. The topological polar surface area (TPSA) is 79.8 Å². The van der Waals surface area contributed by atoms with E-state index in [1.54, 1.807) is 18.4 Å². The normalized spacial score (nSPS) is 14.4. The van der Waals surface area contributed by atoms with Crippen LogP contribution in [0.1, 0.15) is 16.7 Å². The number of amides is 1. The van der Waals surface area contributed by atoms with E-state index in [2.05, 4.69) is 17.9 Å². The fourth-order valence-electron chi connectivity index (χ4n) is 3.75. The zero-order chi connectivity index (χ0) is 20.5. The van der Waals surface area contributed by atoms with Crippen molar-refractivity contribution in [1.82, 2.24) is 4.90 Å². The van der Waals surface area contributed by atoms with Crippen molar-refractivity contribution in [2.45, 2.75) is 20.3 Å². The van der Waals surface area contributed by atoms with Gasteiger partial charge in [-0.1, -0.05) is 0 Å². The van der Waals surface area contributed by atoms with Crippen molar-refractivity contribution in [2.75, 3.05) is 31.1 Å². The number of nitrogens with zero attached hydrogens (tertiary/aromatic N) is 3. The zero-order valence-corrected chi connectivity index (χ0v) is 16.6. The number of carbonyl (C=O) groups excluding carboxylic acids is 1. The van der Waals surface area contributed by atoms with Crippen molar-refractivity contribution in [3.63, 3.8) is 0 Å². The molecular weight excluding hydrogens is 370 g/mol. The molecule has 2 aromatic carbocycles. The van der Waals surface area contributed by atoms with Gasteiger partial charge in [-0.15, -0.1) is 0 Å². The molecule has 2 heterocycles. The van der Waals surface area contributed by atoms with Crippen LogP contribution in [0.4, 0.5) is 11.4 Å². The van der Waals surface area contributed by atoms with Crippen molar-refractivity contribution in [3.8, 4) is 0 Å². The number of aryl methyl sites for hydroxylation is 2. The van der Waals surface area contributed by atoms with Crippen LogP contribution in [-0.4, -0.2) is 41.9 Å². The number of nitro benzene ring substituents is 1. The molecule has 0 saturated carbocycles. The first-order valence-electron chi connectivity index (χ1n) is 9.67. The SMILES string of the molecule is Cc1cc2occ(CC(=O)N3CCN(c4ccc([N+](=O)[O-])cc4)CC3)c2cc1C. The Morgan fingerprint density at radius 1 is 1.07 bits per heavy atom. The smallest absolute Gasteiger partial charge is 0.269 e. The van der Waals surface area contributed by atoms with E-state index in [1.807, 2.05) is 17.9 Å². The van der Waals surface area contributed by atoms with E-state index in [0.717, 1.165) is 22.2 Å². The van der Waals surface area contributed by atoms with Crippen LogP contribution in [0.15, 0.2) is 47.1 Å². The Labute approximate surface area is 168 Å². The number of carbonyl (C=O) groups is 1. The minimum Gasteiger partial charge on any atom is -0.464 e. The Balaban J connectivity index is 1.39. The number of anilines is 1. The molecule has 1 amide bonds. The minimum absolute atomic E-state index is 0.0836.